The number of alkyl halides is 1. The SMILES string of the molecule is Cl.FCOC1CCCNC1. The van der Waals surface area contributed by atoms with Crippen LogP contribution >= 0.6 is 12.4 Å². The third-order valence-corrected chi connectivity index (χ3v) is 1.55. The second-order valence-corrected chi connectivity index (χ2v) is 2.24. The first kappa shape index (κ1) is 10.1. The molecule has 0 radical (unpaired) electrons. The second-order valence-electron chi connectivity index (χ2n) is 2.24. The maximum atomic E-state index is 11.5. The lowest BCUT2D eigenvalue weighted by Crippen LogP contribution is -2.35. The van der Waals surface area contributed by atoms with E-state index in [0.29, 0.717) is 0 Å². The van der Waals surface area contributed by atoms with Crippen molar-refractivity contribution in [3.63, 3.8) is 0 Å². The number of rotatable bonds is 2. The van der Waals surface area contributed by atoms with Crippen molar-refractivity contribution in [2.24, 2.45) is 0 Å². The van der Waals surface area contributed by atoms with E-state index in [4.69, 9.17) is 4.74 Å². The van der Waals surface area contributed by atoms with Gasteiger partial charge in [-0.25, -0.2) is 4.39 Å². The van der Waals surface area contributed by atoms with Crippen LogP contribution in [-0.2, 0) is 4.74 Å². The van der Waals surface area contributed by atoms with Gasteiger partial charge < -0.3 is 10.1 Å². The molecule has 1 atom stereocenters. The van der Waals surface area contributed by atoms with Gasteiger partial charge in [0.05, 0.1) is 6.10 Å². The standard InChI is InChI=1S/C6H12FNO.ClH/c7-5-9-6-2-1-3-8-4-6;/h6,8H,1-5H2;1H. The number of nitrogens with one attached hydrogen (secondary N) is 1. The van der Waals surface area contributed by atoms with Crippen molar-refractivity contribution in [3.8, 4) is 0 Å². The number of halogens is 2. The molecule has 0 aromatic heterocycles. The third kappa shape index (κ3) is 3.34. The highest BCUT2D eigenvalue weighted by Crippen LogP contribution is 2.04. The summed E-state index contributed by atoms with van der Waals surface area (Å²) in [6, 6.07) is 0. The molecular weight excluding hydrogens is 157 g/mol. The highest BCUT2D eigenvalue weighted by Gasteiger charge is 2.11. The first-order chi connectivity index (χ1) is 4.43. The molecule has 1 saturated heterocycles. The zero-order valence-electron chi connectivity index (χ0n) is 5.81. The Kier molecular flexibility index (Phi) is 5.97. The zero-order chi connectivity index (χ0) is 6.53. The van der Waals surface area contributed by atoms with Gasteiger partial charge in [0, 0.05) is 6.54 Å². The van der Waals surface area contributed by atoms with E-state index in [1.54, 1.807) is 0 Å². The van der Waals surface area contributed by atoms with E-state index in [-0.39, 0.29) is 18.5 Å². The molecule has 0 aliphatic carbocycles. The fourth-order valence-electron chi connectivity index (χ4n) is 1.05. The van der Waals surface area contributed by atoms with Crippen molar-refractivity contribution in [2.75, 3.05) is 20.0 Å². The van der Waals surface area contributed by atoms with Gasteiger partial charge in [-0.15, -0.1) is 12.4 Å². The first-order valence-electron chi connectivity index (χ1n) is 3.32. The molecule has 62 valence electrons. The molecule has 1 aliphatic rings. The van der Waals surface area contributed by atoms with E-state index in [0.717, 1.165) is 25.9 Å². The molecule has 0 spiro atoms. The van der Waals surface area contributed by atoms with E-state index >= 15 is 0 Å². The van der Waals surface area contributed by atoms with E-state index in [2.05, 4.69) is 5.32 Å². The Balaban J connectivity index is 0.000000810. The van der Waals surface area contributed by atoms with Crippen LogP contribution in [0, 0.1) is 0 Å². The largest absolute Gasteiger partial charge is 0.346 e. The molecule has 0 saturated carbocycles. The minimum Gasteiger partial charge on any atom is -0.346 e. The van der Waals surface area contributed by atoms with Gasteiger partial charge >= 0.3 is 0 Å². The summed E-state index contributed by atoms with van der Waals surface area (Å²) in [5.74, 6) is 0. The number of ether oxygens (including phenoxy) is 1. The van der Waals surface area contributed by atoms with Gasteiger partial charge in [0.15, 0.2) is 6.86 Å². The van der Waals surface area contributed by atoms with Crippen molar-refractivity contribution in [1.29, 1.82) is 0 Å². The van der Waals surface area contributed by atoms with Gasteiger partial charge in [-0.2, -0.15) is 0 Å². The molecule has 1 N–H and O–H groups in total. The van der Waals surface area contributed by atoms with Gasteiger partial charge in [-0.1, -0.05) is 0 Å². The van der Waals surface area contributed by atoms with Gasteiger partial charge in [0.2, 0.25) is 0 Å². The number of piperidine rings is 1. The molecular formula is C6H13ClFNO. The van der Waals surface area contributed by atoms with Gasteiger partial charge in [-0.05, 0) is 19.4 Å². The summed E-state index contributed by atoms with van der Waals surface area (Å²) in [5, 5.41) is 3.13. The van der Waals surface area contributed by atoms with Gasteiger partial charge in [0.1, 0.15) is 0 Å². The van der Waals surface area contributed by atoms with E-state index < -0.39 is 6.86 Å². The Morgan fingerprint density at radius 2 is 2.40 bits per heavy atom. The molecule has 1 fully saturated rings. The van der Waals surface area contributed by atoms with E-state index in [9.17, 15) is 4.39 Å². The topological polar surface area (TPSA) is 21.3 Å². The third-order valence-electron chi connectivity index (χ3n) is 1.55. The number of hydrogen-bond donors (Lipinski definition) is 1. The van der Waals surface area contributed by atoms with Crippen LogP contribution in [0.25, 0.3) is 0 Å². The average molecular weight is 170 g/mol. The van der Waals surface area contributed by atoms with Crippen LogP contribution in [0.4, 0.5) is 4.39 Å². The summed E-state index contributed by atoms with van der Waals surface area (Å²) in [7, 11) is 0. The quantitative estimate of drug-likeness (QED) is 0.669. The van der Waals surface area contributed by atoms with Crippen molar-refractivity contribution < 1.29 is 9.13 Å². The molecule has 0 aromatic carbocycles. The van der Waals surface area contributed by atoms with Crippen LogP contribution in [0.3, 0.4) is 0 Å². The summed E-state index contributed by atoms with van der Waals surface area (Å²) in [5.41, 5.74) is 0. The molecule has 0 amide bonds. The minimum absolute atomic E-state index is 0. The molecule has 1 unspecified atom stereocenters. The second kappa shape index (κ2) is 5.89. The summed E-state index contributed by atoms with van der Waals surface area (Å²) < 4.78 is 16.3. The lowest BCUT2D eigenvalue weighted by molar-refractivity contribution is -0.0149. The average Bonchev–Trinajstić information content (AvgIpc) is 1.91. The molecule has 1 rings (SSSR count). The van der Waals surface area contributed by atoms with E-state index in [1.165, 1.54) is 0 Å². The van der Waals surface area contributed by atoms with E-state index in [1.807, 2.05) is 0 Å². The summed E-state index contributed by atoms with van der Waals surface area (Å²) in [6.07, 6.45) is 2.21. The van der Waals surface area contributed by atoms with Crippen molar-refractivity contribution in [3.05, 3.63) is 0 Å². The van der Waals surface area contributed by atoms with Crippen LogP contribution in [0.2, 0.25) is 0 Å². The van der Waals surface area contributed by atoms with Crippen molar-refractivity contribution in [1.82, 2.24) is 5.32 Å². The van der Waals surface area contributed by atoms with Crippen LogP contribution in [-0.4, -0.2) is 26.1 Å². The van der Waals surface area contributed by atoms with Crippen molar-refractivity contribution in [2.45, 2.75) is 18.9 Å². The predicted octanol–water partition coefficient (Wildman–Crippen LogP) is 1.10. The Labute approximate surface area is 66.5 Å². The highest BCUT2D eigenvalue weighted by atomic mass is 35.5. The fraction of sp³-hybridized carbons (Fsp3) is 1.00. The summed E-state index contributed by atoms with van der Waals surface area (Å²) in [6.45, 7) is 1.21. The molecule has 4 heteroatoms. The molecule has 0 bridgehead atoms. The lowest BCUT2D eigenvalue weighted by atomic mass is 10.1. The monoisotopic (exact) mass is 169 g/mol. The van der Waals surface area contributed by atoms with Crippen LogP contribution in [0.5, 0.6) is 0 Å². The molecule has 1 heterocycles. The molecule has 10 heavy (non-hydrogen) atoms. The van der Waals surface area contributed by atoms with Crippen LogP contribution < -0.4 is 5.32 Å². The summed E-state index contributed by atoms with van der Waals surface area (Å²) in [4.78, 5) is 0. The smallest absolute Gasteiger partial charge is 0.188 e. The predicted molar refractivity (Wildman–Crippen MR) is 40.2 cm³/mol. The van der Waals surface area contributed by atoms with Crippen LogP contribution in [0.1, 0.15) is 12.8 Å². The maximum Gasteiger partial charge on any atom is 0.188 e. The minimum atomic E-state index is -0.646. The maximum absolute atomic E-state index is 11.5. The molecule has 2 nitrogen and oxygen atoms in total. The fourth-order valence-corrected chi connectivity index (χ4v) is 1.05. The number of hydrogen-bond acceptors (Lipinski definition) is 2. The van der Waals surface area contributed by atoms with Crippen LogP contribution in [0.15, 0.2) is 0 Å². The Morgan fingerprint density at radius 1 is 1.60 bits per heavy atom. The van der Waals surface area contributed by atoms with Crippen molar-refractivity contribution >= 4 is 12.4 Å². The Morgan fingerprint density at radius 3 is 2.90 bits per heavy atom. The Hall–Kier alpha value is 0.140. The normalized spacial score (nSPS) is 25.5. The van der Waals surface area contributed by atoms with Gasteiger partial charge in [0.25, 0.3) is 0 Å². The highest BCUT2D eigenvalue weighted by molar-refractivity contribution is 5.85. The lowest BCUT2D eigenvalue weighted by Gasteiger charge is -2.21. The zero-order valence-corrected chi connectivity index (χ0v) is 6.62. The first-order valence-corrected chi connectivity index (χ1v) is 3.32. The summed E-state index contributed by atoms with van der Waals surface area (Å²) >= 11 is 0. The molecule has 0 aromatic rings. The Bertz CT molecular complexity index is 75.4. The van der Waals surface area contributed by atoms with Gasteiger partial charge in [-0.3, -0.25) is 0 Å². The molecule has 1 aliphatic heterocycles.